The highest BCUT2D eigenvalue weighted by Crippen LogP contribution is 2.17. The lowest BCUT2D eigenvalue weighted by Gasteiger charge is -2.12. The molecular formula is C13H21N3O. The zero-order valence-electron chi connectivity index (χ0n) is 10.5. The molecule has 0 saturated carbocycles. The van der Waals surface area contributed by atoms with E-state index in [0.717, 1.165) is 37.8 Å². The Morgan fingerprint density at radius 2 is 2.59 bits per heavy atom. The normalized spacial score (nSPS) is 19.5. The minimum absolute atomic E-state index is 0.435. The van der Waals surface area contributed by atoms with E-state index in [-0.39, 0.29) is 0 Å². The van der Waals surface area contributed by atoms with Crippen molar-refractivity contribution in [2.75, 3.05) is 18.5 Å². The van der Waals surface area contributed by atoms with Crippen LogP contribution < -0.4 is 5.32 Å². The van der Waals surface area contributed by atoms with Crippen molar-refractivity contribution in [3.05, 3.63) is 24.5 Å². The minimum atomic E-state index is 0.435. The van der Waals surface area contributed by atoms with E-state index in [1.807, 2.05) is 13.0 Å². The van der Waals surface area contributed by atoms with Crippen LogP contribution in [0.4, 0.5) is 5.95 Å². The summed E-state index contributed by atoms with van der Waals surface area (Å²) in [5.74, 6) is 0.931. The number of ether oxygens (including phenoxy) is 1. The summed E-state index contributed by atoms with van der Waals surface area (Å²) < 4.78 is 7.80. The number of nitrogens with one attached hydrogen (secondary N) is 1. The summed E-state index contributed by atoms with van der Waals surface area (Å²) >= 11 is 0. The summed E-state index contributed by atoms with van der Waals surface area (Å²) in [6.45, 7) is 8.35. The van der Waals surface area contributed by atoms with Gasteiger partial charge in [0, 0.05) is 25.9 Å². The number of aryl methyl sites for hydroxylation is 2. The molecule has 4 heteroatoms. The van der Waals surface area contributed by atoms with Crippen LogP contribution in [0.15, 0.2) is 18.9 Å². The molecule has 17 heavy (non-hydrogen) atoms. The number of anilines is 1. The first kappa shape index (κ1) is 12.2. The monoisotopic (exact) mass is 235 g/mol. The Morgan fingerprint density at radius 1 is 1.71 bits per heavy atom. The molecule has 4 nitrogen and oxygen atoms in total. The smallest absolute Gasteiger partial charge is 0.203 e. The van der Waals surface area contributed by atoms with Gasteiger partial charge in [-0.15, -0.1) is 6.58 Å². The average Bonchev–Trinajstić information content (AvgIpc) is 2.93. The third-order valence-electron chi connectivity index (χ3n) is 3.02. The lowest BCUT2D eigenvalue weighted by atomic mass is 10.2. The van der Waals surface area contributed by atoms with Crippen molar-refractivity contribution in [1.29, 1.82) is 0 Å². The van der Waals surface area contributed by atoms with Crippen LogP contribution >= 0.6 is 0 Å². The summed E-state index contributed by atoms with van der Waals surface area (Å²) in [6, 6.07) is 0. The molecule has 1 unspecified atom stereocenters. The van der Waals surface area contributed by atoms with E-state index in [4.69, 9.17) is 4.74 Å². The van der Waals surface area contributed by atoms with Gasteiger partial charge in [-0.05, 0) is 26.2 Å². The highest BCUT2D eigenvalue weighted by Gasteiger charge is 2.15. The third kappa shape index (κ3) is 3.33. The Bertz CT molecular complexity index is 367. The highest BCUT2D eigenvalue weighted by atomic mass is 16.5. The van der Waals surface area contributed by atoms with Crippen LogP contribution in [0.25, 0.3) is 0 Å². The number of hydrogen-bond acceptors (Lipinski definition) is 3. The molecule has 0 aromatic carbocycles. The quantitative estimate of drug-likeness (QED) is 0.769. The molecule has 1 aromatic rings. The van der Waals surface area contributed by atoms with Gasteiger partial charge in [-0.3, -0.25) is 0 Å². The van der Waals surface area contributed by atoms with Crippen molar-refractivity contribution < 1.29 is 4.74 Å². The van der Waals surface area contributed by atoms with Crippen molar-refractivity contribution in [2.24, 2.45) is 0 Å². The molecule has 0 radical (unpaired) electrons. The fraction of sp³-hybridized carbons (Fsp3) is 0.615. The molecule has 1 aromatic heterocycles. The predicted molar refractivity (Wildman–Crippen MR) is 69.2 cm³/mol. The number of nitrogens with zero attached hydrogens (tertiary/aromatic N) is 2. The van der Waals surface area contributed by atoms with Gasteiger partial charge >= 0.3 is 0 Å². The molecule has 0 bridgehead atoms. The molecule has 1 aliphatic heterocycles. The molecule has 2 heterocycles. The topological polar surface area (TPSA) is 39.1 Å². The fourth-order valence-corrected chi connectivity index (χ4v) is 2.18. The lowest BCUT2D eigenvalue weighted by molar-refractivity contribution is 0.100. The summed E-state index contributed by atoms with van der Waals surface area (Å²) in [4.78, 5) is 4.46. The van der Waals surface area contributed by atoms with Gasteiger partial charge in [-0.1, -0.05) is 6.08 Å². The Kier molecular flexibility index (Phi) is 4.20. The first-order valence-corrected chi connectivity index (χ1v) is 6.29. The Hall–Kier alpha value is -1.29. The standard InChI is InChI=1S/C13H21N3O/c1-3-7-14-13-15-11(2)10-16(13)8-6-12-5-4-9-17-12/h3,10,12H,1,4-9H2,2H3,(H,14,15). The van der Waals surface area contributed by atoms with E-state index >= 15 is 0 Å². The summed E-state index contributed by atoms with van der Waals surface area (Å²) in [5, 5.41) is 3.25. The van der Waals surface area contributed by atoms with Crippen LogP contribution in [-0.2, 0) is 11.3 Å². The van der Waals surface area contributed by atoms with Gasteiger partial charge in [0.25, 0.3) is 0 Å². The minimum Gasteiger partial charge on any atom is -0.378 e. The van der Waals surface area contributed by atoms with Gasteiger partial charge in [0.15, 0.2) is 0 Å². The van der Waals surface area contributed by atoms with Crippen LogP contribution in [0.1, 0.15) is 25.0 Å². The van der Waals surface area contributed by atoms with E-state index in [1.54, 1.807) is 0 Å². The Balaban J connectivity index is 1.91. The molecule has 2 rings (SSSR count). The third-order valence-corrected chi connectivity index (χ3v) is 3.02. The molecule has 1 atom stereocenters. The highest BCUT2D eigenvalue weighted by molar-refractivity contribution is 5.29. The summed E-state index contributed by atoms with van der Waals surface area (Å²) in [5.41, 5.74) is 1.05. The Labute approximate surface area is 103 Å². The SMILES string of the molecule is C=CCNc1nc(C)cn1CCC1CCCO1. The largest absolute Gasteiger partial charge is 0.378 e. The van der Waals surface area contributed by atoms with Crippen LogP contribution in [0.2, 0.25) is 0 Å². The van der Waals surface area contributed by atoms with E-state index in [1.165, 1.54) is 12.8 Å². The van der Waals surface area contributed by atoms with Crippen molar-refractivity contribution in [1.82, 2.24) is 9.55 Å². The zero-order valence-corrected chi connectivity index (χ0v) is 10.5. The van der Waals surface area contributed by atoms with E-state index < -0.39 is 0 Å². The Morgan fingerprint density at radius 3 is 3.29 bits per heavy atom. The molecule has 1 aliphatic rings. The fourth-order valence-electron chi connectivity index (χ4n) is 2.18. The number of aromatic nitrogens is 2. The molecule has 94 valence electrons. The van der Waals surface area contributed by atoms with Crippen LogP contribution in [-0.4, -0.2) is 28.8 Å². The second-order valence-corrected chi connectivity index (χ2v) is 4.49. The van der Waals surface area contributed by atoms with E-state index in [0.29, 0.717) is 6.10 Å². The molecular weight excluding hydrogens is 214 g/mol. The molecule has 1 N–H and O–H groups in total. The molecule has 1 fully saturated rings. The second kappa shape index (κ2) is 5.87. The summed E-state index contributed by atoms with van der Waals surface area (Å²) in [6.07, 6.45) is 7.83. The lowest BCUT2D eigenvalue weighted by Crippen LogP contribution is -2.12. The van der Waals surface area contributed by atoms with Gasteiger partial charge in [0.1, 0.15) is 0 Å². The average molecular weight is 235 g/mol. The predicted octanol–water partition coefficient (Wildman–Crippen LogP) is 2.36. The molecule has 1 saturated heterocycles. The molecule has 0 aliphatic carbocycles. The van der Waals surface area contributed by atoms with Crippen molar-refractivity contribution in [2.45, 2.75) is 38.8 Å². The van der Waals surface area contributed by atoms with Gasteiger partial charge in [-0.2, -0.15) is 0 Å². The van der Waals surface area contributed by atoms with Crippen molar-refractivity contribution in [3.8, 4) is 0 Å². The zero-order chi connectivity index (χ0) is 12.1. The van der Waals surface area contributed by atoms with Crippen molar-refractivity contribution in [3.63, 3.8) is 0 Å². The van der Waals surface area contributed by atoms with E-state index in [2.05, 4.69) is 27.6 Å². The molecule has 0 spiro atoms. The van der Waals surface area contributed by atoms with Gasteiger partial charge in [0.05, 0.1) is 11.8 Å². The van der Waals surface area contributed by atoms with E-state index in [9.17, 15) is 0 Å². The van der Waals surface area contributed by atoms with Crippen LogP contribution in [0.5, 0.6) is 0 Å². The first-order valence-electron chi connectivity index (χ1n) is 6.29. The van der Waals surface area contributed by atoms with Gasteiger partial charge in [0.2, 0.25) is 5.95 Å². The maximum Gasteiger partial charge on any atom is 0.203 e. The number of imidazole rings is 1. The summed E-state index contributed by atoms with van der Waals surface area (Å²) in [7, 11) is 0. The second-order valence-electron chi connectivity index (χ2n) is 4.49. The number of rotatable bonds is 6. The number of hydrogen-bond donors (Lipinski definition) is 1. The van der Waals surface area contributed by atoms with Gasteiger partial charge in [-0.25, -0.2) is 4.98 Å². The maximum absolute atomic E-state index is 5.63. The first-order chi connectivity index (χ1) is 8.29. The van der Waals surface area contributed by atoms with Crippen LogP contribution in [0, 0.1) is 6.92 Å². The van der Waals surface area contributed by atoms with Gasteiger partial charge < -0.3 is 14.6 Å². The van der Waals surface area contributed by atoms with Crippen LogP contribution in [0.3, 0.4) is 0 Å². The van der Waals surface area contributed by atoms with Crippen molar-refractivity contribution >= 4 is 5.95 Å². The maximum atomic E-state index is 5.63. The molecule has 0 amide bonds.